The zero-order valence-corrected chi connectivity index (χ0v) is 9.06. The second-order valence-electron chi connectivity index (χ2n) is 3.16. The van der Waals surface area contributed by atoms with E-state index in [9.17, 15) is 13.2 Å². The summed E-state index contributed by atoms with van der Waals surface area (Å²) in [5.74, 6) is -3.37. The van der Waals surface area contributed by atoms with Crippen molar-refractivity contribution in [3.8, 4) is 5.69 Å². The van der Waals surface area contributed by atoms with Gasteiger partial charge in [-0.25, -0.2) is 13.2 Å². The first-order chi connectivity index (χ1) is 8.04. The first-order valence-electron chi connectivity index (χ1n) is 4.46. The Morgan fingerprint density at radius 1 is 1.29 bits per heavy atom. The largest absolute Gasteiger partial charge is 0.388 e. The molecule has 0 unspecified atom stereocenters. The number of aliphatic hydroxyl groups excluding tert-OH is 1. The third kappa shape index (κ3) is 1.96. The summed E-state index contributed by atoms with van der Waals surface area (Å²) < 4.78 is 40.5. The Balaban J connectivity index is 2.77. The Morgan fingerprint density at radius 3 is 2.41 bits per heavy atom. The van der Waals surface area contributed by atoms with Crippen molar-refractivity contribution in [2.45, 2.75) is 6.61 Å². The average molecular weight is 261 g/mol. The summed E-state index contributed by atoms with van der Waals surface area (Å²) in [7, 11) is 0. The number of rotatable bonds is 2. The number of nitrogens with zero attached hydrogens (tertiary/aromatic N) is 2. The van der Waals surface area contributed by atoms with Gasteiger partial charge in [0.15, 0.2) is 22.2 Å². The van der Waals surface area contributed by atoms with Crippen LogP contribution in [-0.4, -0.2) is 19.9 Å². The van der Waals surface area contributed by atoms with Crippen molar-refractivity contribution in [3.63, 3.8) is 0 Å². The molecule has 8 heteroatoms. The van der Waals surface area contributed by atoms with E-state index in [1.807, 2.05) is 0 Å². The average Bonchev–Trinajstić information content (AvgIpc) is 2.59. The van der Waals surface area contributed by atoms with Gasteiger partial charge in [0.2, 0.25) is 0 Å². The fraction of sp³-hybridized carbons (Fsp3) is 0.111. The van der Waals surface area contributed by atoms with Crippen molar-refractivity contribution in [1.82, 2.24) is 14.8 Å². The number of H-pyrrole nitrogens is 1. The van der Waals surface area contributed by atoms with Crippen molar-refractivity contribution in [3.05, 3.63) is 40.2 Å². The first-order valence-corrected chi connectivity index (χ1v) is 4.87. The Bertz CT molecular complexity index is 599. The van der Waals surface area contributed by atoms with Gasteiger partial charge >= 0.3 is 0 Å². The van der Waals surface area contributed by atoms with E-state index in [4.69, 9.17) is 17.3 Å². The molecular formula is C9H6F3N3OS. The Labute approximate surface area is 98.3 Å². The number of hydrogen-bond donors (Lipinski definition) is 2. The zero-order valence-electron chi connectivity index (χ0n) is 8.25. The van der Waals surface area contributed by atoms with Gasteiger partial charge in [0, 0.05) is 12.1 Å². The molecule has 0 radical (unpaired) electrons. The normalized spacial score (nSPS) is 10.8. The van der Waals surface area contributed by atoms with Gasteiger partial charge < -0.3 is 5.11 Å². The second kappa shape index (κ2) is 4.30. The van der Waals surface area contributed by atoms with E-state index in [2.05, 4.69) is 10.2 Å². The van der Waals surface area contributed by atoms with Gasteiger partial charge in [-0.15, -0.1) is 0 Å². The minimum atomic E-state index is -1.13. The Kier molecular flexibility index (Phi) is 2.99. The third-order valence-corrected chi connectivity index (χ3v) is 2.36. The van der Waals surface area contributed by atoms with Gasteiger partial charge in [-0.1, -0.05) is 0 Å². The molecule has 0 aliphatic heterocycles. The van der Waals surface area contributed by atoms with E-state index < -0.39 is 29.7 Å². The number of benzene rings is 1. The van der Waals surface area contributed by atoms with Crippen LogP contribution < -0.4 is 0 Å². The minimum absolute atomic E-state index is 0.0700. The lowest BCUT2D eigenvalue weighted by molar-refractivity contribution is 0.268. The summed E-state index contributed by atoms with van der Waals surface area (Å²) >= 11 is 4.78. The molecule has 2 rings (SSSR count). The monoisotopic (exact) mass is 261 g/mol. The van der Waals surface area contributed by atoms with Gasteiger partial charge in [0.25, 0.3) is 0 Å². The molecule has 0 atom stereocenters. The van der Waals surface area contributed by atoms with Gasteiger partial charge in [-0.3, -0.25) is 9.67 Å². The van der Waals surface area contributed by atoms with E-state index in [-0.39, 0.29) is 10.6 Å². The molecule has 17 heavy (non-hydrogen) atoms. The quantitative estimate of drug-likeness (QED) is 0.811. The minimum Gasteiger partial charge on any atom is -0.388 e. The molecule has 0 spiro atoms. The number of aromatic amines is 1. The topological polar surface area (TPSA) is 53.8 Å². The number of halogens is 3. The van der Waals surface area contributed by atoms with E-state index in [0.717, 1.165) is 4.57 Å². The number of aromatic nitrogens is 3. The van der Waals surface area contributed by atoms with Crippen LogP contribution in [0.4, 0.5) is 13.2 Å². The number of nitrogens with one attached hydrogen (secondary N) is 1. The molecule has 1 aromatic carbocycles. The van der Waals surface area contributed by atoms with E-state index in [1.54, 1.807) is 0 Å². The molecule has 1 aromatic heterocycles. The highest BCUT2D eigenvalue weighted by atomic mass is 32.1. The second-order valence-corrected chi connectivity index (χ2v) is 3.54. The zero-order chi connectivity index (χ0) is 12.6. The maximum absolute atomic E-state index is 13.5. The third-order valence-electron chi connectivity index (χ3n) is 2.09. The highest BCUT2D eigenvalue weighted by molar-refractivity contribution is 7.71. The lowest BCUT2D eigenvalue weighted by atomic mass is 10.2. The standard InChI is InChI=1S/C9H6F3N3OS/c10-4-1-5(11)8(6(12)2-4)15-7(3-16)13-14-9(15)17/h1-2,16H,3H2,(H,14,17). The number of aliphatic hydroxyl groups is 1. The molecule has 0 fully saturated rings. The van der Waals surface area contributed by atoms with Crippen molar-refractivity contribution >= 4 is 12.2 Å². The molecule has 2 N–H and O–H groups in total. The molecule has 4 nitrogen and oxygen atoms in total. The summed E-state index contributed by atoms with van der Waals surface area (Å²) in [6.45, 7) is -0.566. The van der Waals surface area contributed by atoms with Gasteiger partial charge in [-0.2, -0.15) is 5.10 Å². The van der Waals surface area contributed by atoms with Crippen LogP contribution in [-0.2, 0) is 6.61 Å². The summed E-state index contributed by atoms with van der Waals surface area (Å²) in [5.41, 5.74) is -0.575. The summed E-state index contributed by atoms with van der Waals surface area (Å²) in [5, 5.41) is 14.8. The lowest BCUT2D eigenvalue weighted by Gasteiger charge is -2.07. The molecule has 0 bridgehead atoms. The molecule has 0 aliphatic carbocycles. The lowest BCUT2D eigenvalue weighted by Crippen LogP contribution is -2.07. The highest BCUT2D eigenvalue weighted by Crippen LogP contribution is 2.20. The van der Waals surface area contributed by atoms with Gasteiger partial charge in [-0.05, 0) is 12.2 Å². The van der Waals surface area contributed by atoms with Crippen LogP contribution >= 0.6 is 12.2 Å². The molecular weight excluding hydrogens is 255 g/mol. The van der Waals surface area contributed by atoms with E-state index in [1.165, 1.54) is 0 Å². The van der Waals surface area contributed by atoms with Crippen LogP contribution in [0.15, 0.2) is 12.1 Å². The molecule has 2 aromatic rings. The van der Waals surface area contributed by atoms with Crippen molar-refractivity contribution in [2.24, 2.45) is 0 Å². The fourth-order valence-electron chi connectivity index (χ4n) is 1.41. The van der Waals surface area contributed by atoms with E-state index in [0.29, 0.717) is 12.1 Å². The highest BCUT2D eigenvalue weighted by Gasteiger charge is 2.17. The van der Waals surface area contributed by atoms with Crippen LogP contribution in [0.5, 0.6) is 0 Å². The fourth-order valence-corrected chi connectivity index (χ4v) is 1.66. The smallest absolute Gasteiger partial charge is 0.200 e. The van der Waals surface area contributed by atoms with Crippen LogP contribution in [0.2, 0.25) is 0 Å². The van der Waals surface area contributed by atoms with Gasteiger partial charge in [0.1, 0.15) is 18.1 Å². The van der Waals surface area contributed by atoms with Crippen molar-refractivity contribution in [2.75, 3.05) is 0 Å². The van der Waals surface area contributed by atoms with Crippen LogP contribution in [0, 0.1) is 22.2 Å². The van der Waals surface area contributed by atoms with Gasteiger partial charge in [0.05, 0.1) is 0 Å². The molecule has 0 aliphatic rings. The van der Waals surface area contributed by atoms with Crippen molar-refractivity contribution < 1.29 is 18.3 Å². The maximum atomic E-state index is 13.5. The molecule has 0 amide bonds. The summed E-state index contributed by atoms with van der Waals surface area (Å²) in [4.78, 5) is 0. The van der Waals surface area contributed by atoms with Crippen molar-refractivity contribution in [1.29, 1.82) is 0 Å². The Hall–Kier alpha value is -1.67. The summed E-state index contributed by atoms with van der Waals surface area (Å²) in [6, 6.07) is 1.04. The number of hydrogen-bond acceptors (Lipinski definition) is 3. The maximum Gasteiger partial charge on any atom is 0.200 e. The Morgan fingerprint density at radius 2 is 1.88 bits per heavy atom. The molecule has 1 heterocycles. The van der Waals surface area contributed by atoms with E-state index >= 15 is 0 Å². The summed E-state index contributed by atoms with van der Waals surface area (Å²) in [6.07, 6.45) is 0. The SMILES string of the molecule is OCc1n[nH]c(=S)n1-c1c(F)cc(F)cc1F. The van der Waals surface area contributed by atoms with Crippen LogP contribution in [0.3, 0.4) is 0 Å². The predicted molar refractivity (Wildman–Crippen MR) is 54.5 cm³/mol. The molecule has 90 valence electrons. The molecule has 0 saturated carbocycles. The predicted octanol–water partition coefficient (Wildman–Crippen LogP) is 1.84. The van der Waals surface area contributed by atoms with Crippen LogP contribution in [0.25, 0.3) is 5.69 Å². The first kappa shape index (κ1) is 11.8. The molecule has 0 saturated heterocycles. The van der Waals surface area contributed by atoms with Crippen LogP contribution in [0.1, 0.15) is 5.82 Å².